The van der Waals surface area contributed by atoms with E-state index in [9.17, 15) is 24.6 Å². The molecule has 3 aliphatic rings. The van der Waals surface area contributed by atoms with Crippen LogP contribution in [0.15, 0.2) is 36.9 Å². The zero-order chi connectivity index (χ0) is 25.7. The predicted octanol–water partition coefficient (Wildman–Crippen LogP) is 2.78. The second-order valence-electron chi connectivity index (χ2n) is 9.68. The molecule has 2 bridgehead atoms. The SMILES string of the molecule is C=CCN(C(=O)C1N([C@@H](CO)C(C)C)C(=O)[C@@H]2[C@H](C(=O)O)[C@H]3SC12CC3Br)c1ccc(OC)cc1. The van der Waals surface area contributed by atoms with E-state index in [1.807, 2.05) is 13.8 Å². The maximum Gasteiger partial charge on any atom is 0.308 e. The number of aliphatic hydroxyl groups is 1. The van der Waals surface area contributed by atoms with Gasteiger partial charge in [-0.1, -0.05) is 35.9 Å². The Morgan fingerprint density at radius 1 is 1.37 bits per heavy atom. The topological polar surface area (TPSA) is 107 Å². The first-order valence-electron chi connectivity index (χ1n) is 11.7. The van der Waals surface area contributed by atoms with Gasteiger partial charge in [-0.2, -0.15) is 0 Å². The zero-order valence-corrected chi connectivity index (χ0v) is 22.4. The lowest BCUT2D eigenvalue weighted by Gasteiger charge is -2.40. The molecule has 2 amide bonds. The number of likely N-dealkylation sites (tertiary alicyclic amines) is 1. The Kier molecular flexibility index (Phi) is 7.28. The first-order chi connectivity index (χ1) is 16.6. The minimum absolute atomic E-state index is 0.131. The number of carbonyl (C=O) groups excluding carboxylic acids is 2. The van der Waals surface area contributed by atoms with Crippen LogP contribution in [0.5, 0.6) is 5.75 Å². The molecule has 2 N–H and O–H groups in total. The summed E-state index contributed by atoms with van der Waals surface area (Å²) in [7, 11) is 1.56. The number of benzene rings is 1. The fourth-order valence-electron chi connectivity index (χ4n) is 5.97. The third-order valence-corrected chi connectivity index (χ3v) is 10.7. The van der Waals surface area contributed by atoms with E-state index >= 15 is 0 Å². The molecule has 4 rings (SSSR count). The number of anilines is 1. The first kappa shape index (κ1) is 26.0. The molecular formula is C25H31BrN2O6S. The lowest BCUT2D eigenvalue weighted by atomic mass is 9.71. The Hall–Kier alpha value is -2.04. The van der Waals surface area contributed by atoms with Gasteiger partial charge < -0.3 is 24.7 Å². The van der Waals surface area contributed by atoms with Crippen molar-refractivity contribution >= 4 is 51.2 Å². The second kappa shape index (κ2) is 9.78. The van der Waals surface area contributed by atoms with Gasteiger partial charge in [-0.25, -0.2) is 0 Å². The van der Waals surface area contributed by atoms with Crippen LogP contribution in [0.3, 0.4) is 0 Å². The molecule has 3 saturated heterocycles. The van der Waals surface area contributed by atoms with Crippen molar-refractivity contribution in [2.75, 3.05) is 25.2 Å². The Morgan fingerprint density at radius 2 is 2.03 bits per heavy atom. The average Bonchev–Trinajstić information content (AvgIpc) is 3.41. The molecule has 35 heavy (non-hydrogen) atoms. The van der Waals surface area contributed by atoms with E-state index in [0.29, 0.717) is 17.9 Å². The van der Waals surface area contributed by atoms with Crippen LogP contribution in [0.4, 0.5) is 5.69 Å². The Labute approximate surface area is 217 Å². The number of hydrogen-bond acceptors (Lipinski definition) is 6. The number of hydrogen-bond donors (Lipinski definition) is 2. The van der Waals surface area contributed by atoms with Crippen LogP contribution in [0.25, 0.3) is 0 Å². The molecule has 3 aliphatic heterocycles. The standard InChI is InChI=1S/C25H31BrN2O6S/c1-5-10-27(14-6-8-15(34-4)9-7-14)23(31)21-25-11-16(26)20(35-25)18(24(32)33)19(25)22(30)28(21)17(12-29)13(2)3/h5-9,13,16-21,29H,1,10-12H2,2-4H3,(H,32,33)/t16?,17-,18-,19-,20-,21?,25?/m0/s1. The number of aliphatic carboxylic acids is 1. The van der Waals surface area contributed by atoms with Crippen molar-refractivity contribution in [3.8, 4) is 5.75 Å². The molecule has 1 spiro atoms. The van der Waals surface area contributed by atoms with Crippen molar-refractivity contribution in [1.29, 1.82) is 0 Å². The summed E-state index contributed by atoms with van der Waals surface area (Å²) in [5.74, 6) is -2.89. The molecule has 1 aromatic carbocycles. The highest BCUT2D eigenvalue weighted by Gasteiger charge is 2.76. The number of thioether (sulfide) groups is 1. The summed E-state index contributed by atoms with van der Waals surface area (Å²) in [6, 6.07) is 5.53. The van der Waals surface area contributed by atoms with Gasteiger partial charge >= 0.3 is 5.97 Å². The second-order valence-corrected chi connectivity index (χ2v) is 12.4. The fraction of sp³-hybridized carbons (Fsp3) is 0.560. The number of aliphatic hydroxyl groups excluding tert-OH is 1. The maximum absolute atomic E-state index is 14.4. The predicted molar refractivity (Wildman–Crippen MR) is 138 cm³/mol. The van der Waals surface area contributed by atoms with E-state index in [1.165, 1.54) is 16.7 Å². The molecule has 0 saturated carbocycles. The van der Waals surface area contributed by atoms with Crippen LogP contribution in [-0.2, 0) is 14.4 Å². The molecule has 0 radical (unpaired) electrons. The van der Waals surface area contributed by atoms with Crippen LogP contribution < -0.4 is 9.64 Å². The van der Waals surface area contributed by atoms with E-state index in [4.69, 9.17) is 4.74 Å². The van der Waals surface area contributed by atoms with Crippen LogP contribution in [0.2, 0.25) is 0 Å². The number of carbonyl (C=O) groups is 3. The van der Waals surface area contributed by atoms with Crippen LogP contribution in [-0.4, -0.2) is 80.1 Å². The highest BCUT2D eigenvalue weighted by Crippen LogP contribution is 2.68. The number of methoxy groups -OCH3 is 1. The summed E-state index contributed by atoms with van der Waals surface area (Å²) in [4.78, 5) is 43.6. The highest BCUT2D eigenvalue weighted by atomic mass is 79.9. The van der Waals surface area contributed by atoms with E-state index in [0.717, 1.165) is 0 Å². The quantitative estimate of drug-likeness (QED) is 0.349. The smallest absolute Gasteiger partial charge is 0.308 e. The van der Waals surface area contributed by atoms with Gasteiger partial charge in [-0.15, -0.1) is 18.3 Å². The number of halogens is 1. The lowest BCUT2D eigenvalue weighted by Crippen LogP contribution is -2.58. The van der Waals surface area contributed by atoms with Gasteiger partial charge in [0.05, 0.1) is 36.3 Å². The Bertz CT molecular complexity index is 1020. The normalized spacial score (nSPS) is 32.0. The van der Waals surface area contributed by atoms with Gasteiger partial charge in [0, 0.05) is 22.3 Å². The molecule has 3 heterocycles. The number of ether oxygens (including phenoxy) is 1. The van der Waals surface area contributed by atoms with Gasteiger partial charge in [0.25, 0.3) is 5.91 Å². The number of alkyl halides is 1. The minimum atomic E-state index is -1.02. The number of carboxylic acids is 1. The van der Waals surface area contributed by atoms with E-state index in [-0.39, 0.29) is 41.0 Å². The van der Waals surface area contributed by atoms with Crippen LogP contribution >= 0.6 is 27.7 Å². The van der Waals surface area contributed by atoms with Crippen molar-refractivity contribution in [2.24, 2.45) is 17.8 Å². The van der Waals surface area contributed by atoms with Gasteiger partial charge in [-0.05, 0) is 36.6 Å². The lowest BCUT2D eigenvalue weighted by molar-refractivity contribution is -0.149. The first-order valence-corrected chi connectivity index (χ1v) is 13.5. The van der Waals surface area contributed by atoms with Crippen LogP contribution in [0, 0.1) is 17.8 Å². The van der Waals surface area contributed by atoms with Crippen molar-refractivity contribution in [2.45, 2.75) is 47.2 Å². The van der Waals surface area contributed by atoms with Crippen molar-refractivity contribution in [3.63, 3.8) is 0 Å². The van der Waals surface area contributed by atoms with Crippen molar-refractivity contribution in [3.05, 3.63) is 36.9 Å². The number of nitrogens with zero attached hydrogens (tertiary/aromatic N) is 2. The Morgan fingerprint density at radius 3 is 2.54 bits per heavy atom. The monoisotopic (exact) mass is 566 g/mol. The molecule has 190 valence electrons. The van der Waals surface area contributed by atoms with E-state index < -0.39 is 34.6 Å². The molecule has 3 unspecified atom stereocenters. The number of carboxylic acid groups (broad SMARTS) is 1. The maximum atomic E-state index is 14.4. The van der Waals surface area contributed by atoms with Gasteiger partial charge in [0.2, 0.25) is 5.91 Å². The van der Waals surface area contributed by atoms with E-state index in [2.05, 4.69) is 22.5 Å². The molecule has 0 aromatic heterocycles. The average molecular weight is 568 g/mol. The van der Waals surface area contributed by atoms with Crippen molar-refractivity contribution < 1.29 is 29.3 Å². The summed E-state index contributed by atoms with van der Waals surface area (Å²) in [6.07, 6.45) is 2.12. The summed E-state index contributed by atoms with van der Waals surface area (Å²) < 4.78 is 4.35. The minimum Gasteiger partial charge on any atom is -0.497 e. The molecule has 1 aromatic rings. The van der Waals surface area contributed by atoms with Gasteiger partial charge in [-0.3, -0.25) is 14.4 Å². The molecule has 7 atom stereocenters. The summed E-state index contributed by atoms with van der Waals surface area (Å²) in [6.45, 7) is 7.48. The molecular weight excluding hydrogens is 536 g/mol. The van der Waals surface area contributed by atoms with Crippen molar-refractivity contribution in [1.82, 2.24) is 4.90 Å². The fourth-order valence-corrected chi connectivity index (χ4v) is 9.55. The molecule has 0 aliphatic carbocycles. The largest absolute Gasteiger partial charge is 0.497 e. The summed E-state index contributed by atoms with van der Waals surface area (Å²) >= 11 is 5.09. The molecule has 10 heteroatoms. The van der Waals surface area contributed by atoms with E-state index in [1.54, 1.807) is 42.4 Å². The number of fused-ring (bicyclic) bond motifs is 1. The summed E-state index contributed by atoms with van der Waals surface area (Å²) in [5, 5.41) is 20.0. The number of rotatable bonds is 9. The zero-order valence-electron chi connectivity index (χ0n) is 20.0. The van der Waals surface area contributed by atoms with Crippen LogP contribution in [0.1, 0.15) is 20.3 Å². The van der Waals surface area contributed by atoms with Gasteiger partial charge in [0.15, 0.2) is 0 Å². The third-order valence-electron chi connectivity index (χ3n) is 7.52. The van der Waals surface area contributed by atoms with Gasteiger partial charge in [0.1, 0.15) is 11.8 Å². The molecule has 3 fully saturated rings. The number of amides is 2. The third kappa shape index (κ3) is 3.97. The Balaban J connectivity index is 1.84. The molecule has 8 nitrogen and oxygen atoms in total. The summed E-state index contributed by atoms with van der Waals surface area (Å²) in [5.41, 5.74) is 0.621. The highest BCUT2D eigenvalue weighted by molar-refractivity contribution is 9.09.